The maximum Gasteiger partial charge on any atom is 1.00 e. The van der Waals surface area contributed by atoms with Crippen molar-refractivity contribution in [3.05, 3.63) is 41.3 Å². The van der Waals surface area contributed by atoms with E-state index in [9.17, 15) is 0 Å². The Balaban J connectivity index is 0.000001000. The molecule has 1 aromatic carbocycles. The molecule has 0 bridgehead atoms. The summed E-state index contributed by atoms with van der Waals surface area (Å²) in [5.74, 6) is 0. The van der Waals surface area contributed by atoms with E-state index in [4.69, 9.17) is 0 Å². The molecule has 1 rings (SSSR count). The van der Waals surface area contributed by atoms with E-state index in [1.807, 2.05) is 0 Å². The first-order chi connectivity index (χ1) is 4.61. The number of aryl methyl sites for hydroxylation is 3. The molecule has 11 heavy (non-hydrogen) atoms. The molecule has 0 radical (unpaired) electrons. The molecular weight excluding hydrogens is 159 g/mol. The smallest absolute Gasteiger partial charge is 0.198 e. The van der Waals surface area contributed by atoms with Crippen molar-refractivity contribution in [2.75, 3.05) is 0 Å². The monoisotopic (exact) mass is 172 g/mol. The molecular formula is C10H13K. The van der Waals surface area contributed by atoms with E-state index >= 15 is 0 Å². The maximum absolute atomic E-state index is 3.96. The summed E-state index contributed by atoms with van der Waals surface area (Å²) in [6.07, 6.45) is 0. The van der Waals surface area contributed by atoms with E-state index in [0.717, 1.165) is 0 Å². The molecule has 0 aliphatic rings. The van der Waals surface area contributed by atoms with E-state index in [2.05, 4.69) is 39.8 Å². The Kier molecular flexibility index (Phi) is 4.99. The number of hydrogen-bond acceptors (Lipinski definition) is 0. The van der Waals surface area contributed by atoms with Gasteiger partial charge in [-0.25, -0.2) is 0 Å². The molecule has 0 heterocycles. The van der Waals surface area contributed by atoms with Crippen molar-refractivity contribution in [2.45, 2.75) is 20.8 Å². The van der Waals surface area contributed by atoms with Gasteiger partial charge in [0.25, 0.3) is 0 Å². The second kappa shape index (κ2) is 4.68. The fraction of sp³-hybridized carbons (Fsp3) is 0.300. The summed E-state index contributed by atoms with van der Waals surface area (Å²) < 4.78 is 0. The van der Waals surface area contributed by atoms with Crippen LogP contribution in [0.1, 0.15) is 22.3 Å². The Morgan fingerprint density at radius 2 is 1.36 bits per heavy atom. The fourth-order valence-corrected chi connectivity index (χ4v) is 1.21. The zero-order chi connectivity index (χ0) is 7.72. The van der Waals surface area contributed by atoms with Crippen molar-refractivity contribution >= 4 is 0 Å². The van der Waals surface area contributed by atoms with Gasteiger partial charge < -0.3 is 0 Å². The standard InChI is InChI=1S/C10H13.K/c1-7-5-8(2)10(4)9(3)6-7;/h5-6H,4H2,1-3H3;/q-1;+1. The third kappa shape index (κ3) is 2.92. The summed E-state index contributed by atoms with van der Waals surface area (Å²) in [6.45, 7) is 10.3. The van der Waals surface area contributed by atoms with Crippen molar-refractivity contribution < 1.29 is 51.4 Å². The van der Waals surface area contributed by atoms with E-state index in [1.165, 1.54) is 22.3 Å². The van der Waals surface area contributed by atoms with Gasteiger partial charge in [-0.05, 0) is 6.92 Å². The van der Waals surface area contributed by atoms with E-state index in [0.29, 0.717) is 0 Å². The van der Waals surface area contributed by atoms with Gasteiger partial charge >= 0.3 is 51.4 Å². The van der Waals surface area contributed by atoms with E-state index in [-0.39, 0.29) is 51.4 Å². The Morgan fingerprint density at radius 3 is 1.73 bits per heavy atom. The minimum absolute atomic E-state index is 0. The maximum atomic E-state index is 3.96. The predicted molar refractivity (Wildman–Crippen MR) is 45.1 cm³/mol. The second-order valence-electron chi connectivity index (χ2n) is 2.88. The Morgan fingerprint density at radius 1 is 1.00 bits per heavy atom. The summed E-state index contributed by atoms with van der Waals surface area (Å²) in [5, 5.41) is 0. The van der Waals surface area contributed by atoms with Crippen molar-refractivity contribution in [3.8, 4) is 0 Å². The van der Waals surface area contributed by atoms with Crippen molar-refractivity contribution in [1.29, 1.82) is 0 Å². The molecule has 0 amide bonds. The summed E-state index contributed by atoms with van der Waals surface area (Å²) >= 11 is 0. The molecule has 0 unspecified atom stereocenters. The van der Waals surface area contributed by atoms with Gasteiger partial charge in [-0.2, -0.15) is 23.6 Å². The largest absolute Gasteiger partial charge is 1.00 e. The predicted octanol–water partition coefficient (Wildman–Crippen LogP) is -0.202. The van der Waals surface area contributed by atoms with Gasteiger partial charge in [0.05, 0.1) is 0 Å². The van der Waals surface area contributed by atoms with Crippen molar-refractivity contribution in [2.24, 2.45) is 0 Å². The average molecular weight is 172 g/mol. The van der Waals surface area contributed by atoms with Gasteiger partial charge in [-0.15, -0.1) is 12.1 Å². The SMILES string of the molecule is [CH2-]c1c(C)cc(C)cc1C.[K+]. The number of benzene rings is 1. The molecule has 54 valence electrons. The van der Waals surface area contributed by atoms with Crippen molar-refractivity contribution in [1.82, 2.24) is 0 Å². The van der Waals surface area contributed by atoms with Crippen LogP contribution in [-0.4, -0.2) is 0 Å². The zero-order valence-corrected chi connectivity index (χ0v) is 11.0. The molecule has 0 atom stereocenters. The van der Waals surface area contributed by atoms with Crippen LogP contribution in [0.4, 0.5) is 0 Å². The number of hydrogen-bond donors (Lipinski definition) is 0. The van der Waals surface area contributed by atoms with Crippen molar-refractivity contribution in [3.63, 3.8) is 0 Å². The Hall–Kier alpha value is 0.726. The Labute approximate surface area is 112 Å². The average Bonchev–Trinajstić information content (AvgIpc) is 1.82. The van der Waals surface area contributed by atoms with Gasteiger partial charge in [0, 0.05) is 0 Å². The van der Waals surface area contributed by atoms with Gasteiger partial charge in [-0.1, -0.05) is 19.4 Å². The Bertz CT molecular complexity index is 228. The van der Waals surface area contributed by atoms with Crippen LogP contribution in [0.2, 0.25) is 0 Å². The van der Waals surface area contributed by atoms with Gasteiger partial charge in [0.1, 0.15) is 0 Å². The molecule has 0 aliphatic heterocycles. The first kappa shape index (κ1) is 11.7. The third-order valence-corrected chi connectivity index (χ3v) is 1.84. The minimum atomic E-state index is 0. The summed E-state index contributed by atoms with van der Waals surface area (Å²) in [6, 6.07) is 4.32. The topological polar surface area (TPSA) is 0 Å². The molecule has 1 aromatic rings. The first-order valence-corrected chi connectivity index (χ1v) is 3.51. The molecule has 0 spiro atoms. The molecule has 0 saturated heterocycles. The van der Waals surface area contributed by atoms with E-state index in [1.54, 1.807) is 0 Å². The van der Waals surface area contributed by atoms with Crippen LogP contribution in [-0.2, 0) is 0 Å². The van der Waals surface area contributed by atoms with Gasteiger partial charge in [-0.3, -0.25) is 0 Å². The van der Waals surface area contributed by atoms with Crippen LogP contribution >= 0.6 is 0 Å². The quantitative estimate of drug-likeness (QED) is 0.375. The molecule has 0 aliphatic carbocycles. The summed E-state index contributed by atoms with van der Waals surface area (Å²) in [4.78, 5) is 0. The molecule has 1 heteroatoms. The van der Waals surface area contributed by atoms with Crippen LogP contribution in [0.5, 0.6) is 0 Å². The van der Waals surface area contributed by atoms with Crippen LogP contribution in [0, 0.1) is 27.7 Å². The zero-order valence-electron chi connectivity index (χ0n) is 7.86. The molecule has 0 nitrogen and oxygen atoms in total. The summed E-state index contributed by atoms with van der Waals surface area (Å²) in [5.41, 5.74) is 5.07. The van der Waals surface area contributed by atoms with Crippen LogP contribution in [0.3, 0.4) is 0 Å². The van der Waals surface area contributed by atoms with E-state index < -0.39 is 0 Å². The molecule has 0 N–H and O–H groups in total. The normalized spacial score (nSPS) is 9.00. The fourth-order valence-electron chi connectivity index (χ4n) is 1.21. The second-order valence-corrected chi connectivity index (χ2v) is 2.88. The molecule has 0 saturated carbocycles. The van der Waals surface area contributed by atoms with Gasteiger partial charge in [0.2, 0.25) is 0 Å². The summed E-state index contributed by atoms with van der Waals surface area (Å²) in [7, 11) is 0. The van der Waals surface area contributed by atoms with Crippen LogP contribution in [0.25, 0.3) is 0 Å². The molecule has 0 aromatic heterocycles. The van der Waals surface area contributed by atoms with Crippen LogP contribution < -0.4 is 51.4 Å². The number of rotatable bonds is 0. The van der Waals surface area contributed by atoms with Gasteiger partial charge in [0.15, 0.2) is 0 Å². The molecule has 0 fully saturated rings. The minimum Gasteiger partial charge on any atom is -0.198 e. The van der Waals surface area contributed by atoms with Crippen LogP contribution in [0.15, 0.2) is 12.1 Å². The third-order valence-electron chi connectivity index (χ3n) is 1.84. The first-order valence-electron chi connectivity index (χ1n) is 3.51.